The number of rotatable bonds is 11. The Hall–Kier alpha value is -3.65. The SMILES string of the molecule is CCN(CC)CCOc1cc(Nc2ncc(-c3ccc(OC)cc3)cn2)ccc1C(=O)OC. The fourth-order valence-electron chi connectivity index (χ4n) is 3.28. The Labute approximate surface area is 194 Å². The minimum atomic E-state index is -0.445. The van der Waals surface area contributed by atoms with Crippen LogP contribution in [0.25, 0.3) is 11.1 Å². The van der Waals surface area contributed by atoms with Crippen molar-refractivity contribution in [2.24, 2.45) is 0 Å². The van der Waals surface area contributed by atoms with Crippen LogP contribution in [0.2, 0.25) is 0 Å². The number of likely N-dealkylation sites (N-methyl/N-ethyl adjacent to an activating group) is 1. The second-order valence-corrected chi connectivity index (χ2v) is 7.23. The third-order valence-corrected chi connectivity index (χ3v) is 5.28. The molecule has 0 aliphatic carbocycles. The lowest BCUT2D eigenvalue weighted by Gasteiger charge is -2.19. The number of anilines is 2. The van der Waals surface area contributed by atoms with E-state index < -0.39 is 5.97 Å². The summed E-state index contributed by atoms with van der Waals surface area (Å²) in [5.41, 5.74) is 2.97. The van der Waals surface area contributed by atoms with Crippen LogP contribution in [0.3, 0.4) is 0 Å². The molecule has 0 aliphatic heterocycles. The molecule has 0 aliphatic rings. The summed E-state index contributed by atoms with van der Waals surface area (Å²) in [4.78, 5) is 23.2. The van der Waals surface area contributed by atoms with Crippen molar-refractivity contribution in [3.05, 3.63) is 60.4 Å². The number of nitrogens with zero attached hydrogens (tertiary/aromatic N) is 3. The zero-order chi connectivity index (χ0) is 23.6. The molecule has 1 aromatic heterocycles. The summed E-state index contributed by atoms with van der Waals surface area (Å²) in [5, 5.41) is 3.16. The van der Waals surface area contributed by atoms with Crippen LogP contribution in [0.15, 0.2) is 54.9 Å². The van der Waals surface area contributed by atoms with E-state index in [4.69, 9.17) is 14.2 Å². The van der Waals surface area contributed by atoms with Gasteiger partial charge in [-0.1, -0.05) is 26.0 Å². The number of ether oxygens (including phenoxy) is 3. The standard InChI is InChI=1S/C25H30N4O4/c1-5-29(6-2)13-14-33-23-15-20(9-12-22(23)24(30)32-4)28-25-26-16-19(17-27-25)18-7-10-21(31-3)11-8-18/h7-12,15-17H,5-6,13-14H2,1-4H3,(H,26,27,28). The maximum absolute atomic E-state index is 12.2. The van der Waals surface area contributed by atoms with Crippen molar-refractivity contribution in [2.75, 3.05) is 45.8 Å². The molecular formula is C25H30N4O4. The molecule has 0 saturated heterocycles. The van der Waals surface area contributed by atoms with Crippen LogP contribution in [0.4, 0.5) is 11.6 Å². The van der Waals surface area contributed by atoms with Gasteiger partial charge in [0.25, 0.3) is 0 Å². The minimum absolute atomic E-state index is 0.373. The second-order valence-electron chi connectivity index (χ2n) is 7.23. The summed E-state index contributed by atoms with van der Waals surface area (Å²) in [5.74, 6) is 1.24. The first-order valence-corrected chi connectivity index (χ1v) is 10.9. The molecule has 0 unspecified atom stereocenters. The van der Waals surface area contributed by atoms with Crippen molar-refractivity contribution in [3.8, 4) is 22.6 Å². The summed E-state index contributed by atoms with van der Waals surface area (Å²) in [6.07, 6.45) is 3.50. The van der Waals surface area contributed by atoms with Gasteiger partial charge in [-0.2, -0.15) is 0 Å². The highest BCUT2D eigenvalue weighted by atomic mass is 16.5. The topological polar surface area (TPSA) is 85.8 Å². The van der Waals surface area contributed by atoms with Crippen molar-refractivity contribution in [1.29, 1.82) is 0 Å². The van der Waals surface area contributed by atoms with Crippen LogP contribution in [-0.2, 0) is 4.74 Å². The molecule has 1 N–H and O–H groups in total. The van der Waals surface area contributed by atoms with Gasteiger partial charge >= 0.3 is 5.97 Å². The first-order chi connectivity index (χ1) is 16.1. The van der Waals surface area contributed by atoms with Crippen LogP contribution < -0.4 is 14.8 Å². The highest BCUT2D eigenvalue weighted by molar-refractivity contribution is 5.93. The van der Waals surface area contributed by atoms with Crippen LogP contribution >= 0.6 is 0 Å². The van der Waals surface area contributed by atoms with E-state index in [1.54, 1.807) is 37.7 Å². The van der Waals surface area contributed by atoms with Crippen LogP contribution in [0.5, 0.6) is 11.5 Å². The van der Waals surface area contributed by atoms with Gasteiger partial charge in [0.05, 0.1) is 14.2 Å². The molecule has 0 saturated carbocycles. The molecule has 0 amide bonds. The highest BCUT2D eigenvalue weighted by Crippen LogP contribution is 2.27. The summed E-state index contributed by atoms with van der Waals surface area (Å²) in [6, 6.07) is 12.9. The molecule has 3 rings (SSSR count). The van der Waals surface area contributed by atoms with E-state index >= 15 is 0 Å². The average molecular weight is 451 g/mol. The van der Waals surface area contributed by atoms with E-state index in [1.807, 2.05) is 24.3 Å². The Morgan fingerprint density at radius 3 is 2.27 bits per heavy atom. The predicted molar refractivity (Wildman–Crippen MR) is 128 cm³/mol. The molecule has 33 heavy (non-hydrogen) atoms. The molecule has 0 bridgehead atoms. The Morgan fingerprint density at radius 1 is 0.970 bits per heavy atom. The summed E-state index contributed by atoms with van der Waals surface area (Å²) >= 11 is 0. The molecule has 3 aromatic rings. The van der Waals surface area contributed by atoms with Gasteiger partial charge in [0.15, 0.2) is 0 Å². The Morgan fingerprint density at radius 2 is 1.67 bits per heavy atom. The van der Waals surface area contributed by atoms with Crippen LogP contribution in [0, 0.1) is 0 Å². The molecule has 8 nitrogen and oxygen atoms in total. The van der Waals surface area contributed by atoms with Gasteiger partial charge in [-0.3, -0.25) is 0 Å². The molecule has 0 fully saturated rings. The number of nitrogens with one attached hydrogen (secondary N) is 1. The fraction of sp³-hybridized carbons (Fsp3) is 0.320. The van der Waals surface area contributed by atoms with Crippen molar-refractivity contribution >= 4 is 17.6 Å². The Kier molecular flexibility index (Phi) is 8.60. The molecule has 174 valence electrons. The van der Waals surface area contributed by atoms with E-state index in [-0.39, 0.29) is 0 Å². The molecule has 0 spiro atoms. The number of methoxy groups -OCH3 is 2. The lowest BCUT2D eigenvalue weighted by atomic mass is 10.1. The molecule has 1 heterocycles. The van der Waals surface area contributed by atoms with Crippen LogP contribution in [0.1, 0.15) is 24.2 Å². The van der Waals surface area contributed by atoms with Gasteiger partial charge in [0.2, 0.25) is 5.95 Å². The summed E-state index contributed by atoms with van der Waals surface area (Å²) < 4.78 is 16.0. The zero-order valence-corrected chi connectivity index (χ0v) is 19.5. The molecular weight excluding hydrogens is 420 g/mol. The predicted octanol–water partition coefficient (Wildman–Crippen LogP) is 4.40. The number of carbonyl (C=O) groups excluding carboxylic acids is 1. The van der Waals surface area contributed by atoms with E-state index in [9.17, 15) is 4.79 Å². The minimum Gasteiger partial charge on any atom is -0.497 e. The van der Waals surface area contributed by atoms with Gasteiger partial charge in [-0.15, -0.1) is 0 Å². The maximum atomic E-state index is 12.2. The smallest absolute Gasteiger partial charge is 0.341 e. The first-order valence-electron chi connectivity index (χ1n) is 10.9. The van der Waals surface area contributed by atoms with Crippen molar-refractivity contribution in [2.45, 2.75) is 13.8 Å². The number of benzene rings is 2. The second kappa shape index (κ2) is 11.8. The molecule has 0 radical (unpaired) electrons. The normalized spacial score (nSPS) is 10.7. The number of aromatic nitrogens is 2. The third kappa shape index (κ3) is 6.43. The summed E-state index contributed by atoms with van der Waals surface area (Å²) in [7, 11) is 2.99. The van der Waals surface area contributed by atoms with E-state index in [0.29, 0.717) is 29.6 Å². The highest BCUT2D eigenvalue weighted by Gasteiger charge is 2.15. The van der Waals surface area contributed by atoms with Gasteiger partial charge in [0.1, 0.15) is 23.7 Å². The van der Waals surface area contributed by atoms with Gasteiger partial charge < -0.3 is 24.4 Å². The Bertz CT molecular complexity index is 1040. The first kappa shape index (κ1) is 24.0. The van der Waals surface area contributed by atoms with E-state index in [2.05, 4.69) is 34.0 Å². The average Bonchev–Trinajstić information content (AvgIpc) is 2.87. The Balaban J connectivity index is 1.73. The van der Waals surface area contributed by atoms with E-state index in [0.717, 1.165) is 36.5 Å². The van der Waals surface area contributed by atoms with Crippen molar-refractivity contribution in [3.63, 3.8) is 0 Å². The number of hydrogen-bond donors (Lipinski definition) is 1. The van der Waals surface area contributed by atoms with Gasteiger partial charge in [-0.25, -0.2) is 14.8 Å². The number of hydrogen-bond acceptors (Lipinski definition) is 8. The van der Waals surface area contributed by atoms with Crippen molar-refractivity contribution in [1.82, 2.24) is 14.9 Å². The fourth-order valence-corrected chi connectivity index (χ4v) is 3.28. The number of esters is 1. The van der Waals surface area contributed by atoms with Gasteiger partial charge in [-0.05, 0) is 42.9 Å². The largest absolute Gasteiger partial charge is 0.497 e. The molecule has 8 heteroatoms. The third-order valence-electron chi connectivity index (χ3n) is 5.28. The number of carbonyl (C=O) groups is 1. The summed E-state index contributed by atoms with van der Waals surface area (Å²) in [6.45, 7) is 7.31. The maximum Gasteiger partial charge on any atom is 0.341 e. The lowest BCUT2D eigenvalue weighted by molar-refractivity contribution is 0.0595. The quantitative estimate of drug-likeness (QED) is 0.430. The lowest BCUT2D eigenvalue weighted by Crippen LogP contribution is -2.28. The van der Waals surface area contributed by atoms with Crippen molar-refractivity contribution < 1.29 is 19.0 Å². The molecule has 0 atom stereocenters. The zero-order valence-electron chi connectivity index (χ0n) is 19.5. The van der Waals surface area contributed by atoms with Gasteiger partial charge in [0, 0.05) is 36.3 Å². The van der Waals surface area contributed by atoms with Crippen LogP contribution in [-0.4, -0.2) is 61.3 Å². The van der Waals surface area contributed by atoms with E-state index in [1.165, 1.54) is 7.11 Å². The monoisotopic (exact) mass is 450 g/mol. The molecule has 2 aromatic carbocycles.